The number of benzene rings is 1. The smallest absolute Gasteiger partial charge is 0.243 e. The molecule has 0 radical (unpaired) electrons. The number of sulfonamides is 1. The first kappa shape index (κ1) is 23.0. The van der Waals surface area contributed by atoms with E-state index in [0.717, 1.165) is 31.9 Å². The van der Waals surface area contributed by atoms with Crippen LogP contribution >= 0.6 is 0 Å². The summed E-state index contributed by atoms with van der Waals surface area (Å²) in [7, 11) is -0.368. The number of methoxy groups -OCH3 is 1. The van der Waals surface area contributed by atoms with E-state index in [9.17, 15) is 17.6 Å². The first-order chi connectivity index (χ1) is 14.1. The molecule has 2 saturated heterocycles. The highest BCUT2D eigenvalue weighted by Crippen LogP contribution is 2.34. The largest absolute Gasteiger partial charge is 0.494 e. The van der Waals surface area contributed by atoms with Crippen molar-refractivity contribution < 1.29 is 22.3 Å². The van der Waals surface area contributed by atoms with Crippen LogP contribution in [0.25, 0.3) is 0 Å². The van der Waals surface area contributed by atoms with Crippen LogP contribution in [0.3, 0.4) is 0 Å². The molecule has 2 heterocycles. The molecule has 3 rings (SSSR count). The van der Waals surface area contributed by atoms with Gasteiger partial charge in [-0.2, -0.15) is 4.31 Å². The molecular weight excluding hydrogens is 409 g/mol. The second kappa shape index (κ2) is 9.20. The minimum atomic E-state index is -3.75. The van der Waals surface area contributed by atoms with Gasteiger partial charge in [-0.05, 0) is 64.3 Å². The molecule has 2 aliphatic heterocycles. The van der Waals surface area contributed by atoms with Crippen molar-refractivity contribution in [2.45, 2.75) is 50.1 Å². The van der Waals surface area contributed by atoms with Crippen molar-refractivity contribution in [1.29, 1.82) is 0 Å². The van der Waals surface area contributed by atoms with Gasteiger partial charge in [0.05, 0.1) is 17.9 Å². The SMILES string of the molecule is COc1ccc(S(=O)(=O)N2CCC([C@H]3C[C@@H](C(=O)NC(C)C)CN3C)CC2)cc1F. The third-order valence-electron chi connectivity index (χ3n) is 6.21. The number of hydrogen-bond donors (Lipinski definition) is 1. The van der Waals surface area contributed by atoms with Crippen molar-refractivity contribution in [3.05, 3.63) is 24.0 Å². The summed E-state index contributed by atoms with van der Waals surface area (Å²) in [6.07, 6.45) is 2.26. The molecule has 7 nitrogen and oxygen atoms in total. The van der Waals surface area contributed by atoms with E-state index in [1.807, 2.05) is 20.9 Å². The molecule has 0 aliphatic carbocycles. The summed E-state index contributed by atoms with van der Waals surface area (Å²) in [4.78, 5) is 14.6. The molecule has 30 heavy (non-hydrogen) atoms. The maximum atomic E-state index is 14.0. The summed E-state index contributed by atoms with van der Waals surface area (Å²) in [6, 6.07) is 4.13. The topological polar surface area (TPSA) is 79.0 Å². The van der Waals surface area contributed by atoms with Crippen LogP contribution in [0.4, 0.5) is 4.39 Å². The van der Waals surface area contributed by atoms with Crippen LogP contribution in [0.15, 0.2) is 23.1 Å². The number of likely N-dealkylation sites (tertiary alicyclic amines) is 1. The second-order valence-corrected chi connectivity index (χ2v) is 10.6. The van der Waals surface area contributed by atoms with Gasteiger partial charge in [0.15, 0.2) is 11.6 Å². The van der Waals surface area contributed by atoms with Gasteiger partial charge in [0.25, 0.3) is 0 Å². The first-order valence-corrected chi connectivity index (χ1v) is 11.9. The highest BCUT2D eigenvalue weighted by Gasteiger charge is 2.40. The van der Waals surface area contributed by atoms with Crippen LogP contribution in [-0.4, -0.2) is 69.4 Å². The van der Waals surface area contributed by atoms with Gasteiger partial charge in [-0.25, -0.2) is 12.8 Å². The second-order valence-electron chi connectivity index (χ2n) is 8.64. The van der Waals surface area contributed by atoms with E-state index in [-0.39, 0.29) is 34.6 Å². The maximum Gasteiger partial charge on any atom is 0.243 e. The number of carbonyl (C=O) groups is 1. The number of hydrogen-bond acceptors (Lipinski definition) is 5. The zero-order chi connectivity index (χ0) is 22.1. The molecule has 2 fully saturated rings. The Bertz CT molecular complexity index is 869. The van der Waals surface area contributed by atoms with Crippen molar-refractivity contribution in [1.82, 2.24) is 14.5 Å². The van der Waals surface area contributed by atoms with Crippen LogP contribution < -0.4 is 10.1 Å². The summed E-state index contributed by atoms with van der Waals surface area (Å²) in [5.74, 6) is -0.252. The monoisotopic (exact) mass is 441 g/mol. The highest BCUT2D eigenvalue weighted by atomic mass is 32.2. The van der Waals surface area contributed by atoms with Crippen molar-refractivity contribution in [3.63, 3.8) is 0 Å². The lowest BCUT2D eigenvalue weighted by Crippen LogP contribution is -2.43. The predicted octanol–water partition coefficient (Wildman–Crippen LogP) is 2.08. The number of carbonyl (C=O) groups excluding carboxylic acids is 1. The van der Waals surface area contributed by atoms with E-state index in [4.69, 9.17) is 4.74 Å². The van der Waals surface area contributed by atoms with Gasteiger partial charge in [-0.1, -0.05) is 0 Å². The van der Waals surface area contributed by atoms with Crippen molar-refractivity contribution in [2.75, 3.05) is 33.8 Å². The molecule has 0 aromatic heterocycles. The average molecular weight is 442 g/mol. The molecule has 1 amide bonds. The normalized spacial score (nSPS) is 24.3. The van der Waals surface area contributed by atoms with E-state index in [1.54, 1.807) is 0 Å². The lowest BCUT2D eigenvalue weighted by atomic mass is 9.87. The zero-order valence-corrected chi connectivity index (χ0v) is 18.9. The summed E-state index contributed by atoms with van der Waals surface area (Å²) >= 11 is 0. The fourth-order valence-corrected chi connectivity index (χ4v) is 6.11. The molecule has 0 spiro atoms. The van der Waals surface area contributed by atoms with Gasteiger partial charge < -0.3 is 15.0 Å². The summed E-state index contributed by atoms with van der Waals surface area (Å²) in [6.45, 7) is 5.44. The lowest BCUT2D eigenvalue weighted by Gasteiger charge is -2.36. The quantitative estimate of drug-likeness (QED) is 0.731. The number of nitrogens with zero attached hydrogens (tertiary/aromatic N) is 2. The lowest BCUT2D eigenvalue weighted by molar-refractivity contribution is -0.125. The number of ether oxygens (including phenoxy) is 1. The first-order valence-electron chi connectivity index (χ1n) is 10.5. The Morgan fingerprint density at radius 2 is 1.93 bits per heavy atom. The Hall–Kier alpha value is -1.71. The van der Waals surface area contributed by atoms with Crippen LogP contribution in [0.5, 0.6) is 5.75 Å². The average Bonchev–Trinajstić information content (AvgIpc) is 3.09. The van der Waals surface area contributed by atoms with Crippen molar-refractivity contribution in [3.8, 4) is 5.75 Å². The third kappa shape index (κ3) is 4.78. The summed E-state index contributed by atoms with van der Waals surface area (Å²) in [5.41, 5.74) is 0. The van der Waals surface area contributed by atoms with E-state index in [2.05, 4.69) is 10.2 Å². The highest BCUT2D eigenvalue weighted by molar-refractivity contribution is 7.89. The number of piperidine rings is 1. The summed E-state index contributed by atoms with van der Waals surface area (Å²) in [5, 5.41) is 2.99. The maximum absolute atomic E-state index is 14.0. The van der Waals surface area contributed by atoms with Gasteiger partial charge in [0.1, 0.15) is 0 Å². The molecule has 9 heteroatoms. The van der Waals surface area contributed by atoms with Crippen LogP contribution in [-0.2, 0) is 14.8 Å². The molecule has 0 unspecified atom stereocenters. The molecule has 0 bridgehead atoms. The van der Waals surface area contributed by atoms with E-state index in [1.165, 1.54) is 23.5 Å². The van der Waals surface area contributed by atoms with Gasteiger partial charge in [-0.15, -0.1) is 0 Å². The van der Waals surface area contributed by atoms with E-state index >= 15 is 0 Å². The number of rotatable bonds is 6. The number of amides is 1. The standard InChI is InChI=1S/C21H32FN3O4S/c1-14(2)23-21(26)16-11-19(24(3)13-16)15-7-9-25(10-8-15)30(27,28)17-5-6-20(29-4)18(22)12-17/h5-6,12,14-16,19H,7-11,13H2,1-4H3,(H,23,26)/t16-,19-/m1/s1. The van der Waals surface area contributed by atoms with Gasteiger partial charge in [0, 0.05) is 31.7 Å². The summed E-state index contributed by atoms with van der Waals surface area (Å²) < 4.78 is 46.2. The van der Waals surface area contributed by atoms with Gasteiger partial charge >= 0.3 is 0 Å². The Morgan fingerprint density at radius 3 is 2.50 bits per heavy atom. The molecule has 2 atom stereocenters. The van der Waals surface area contributed by atoms with Crippen LogP contribution in [0, 0.1) is 17.7 Å². The Labute approximate surface area is 178 Å². The van der Waals surface area contributed by atoms with E-state index in [0.29, 0.717) is 19.0 Å². The zero-order valence-electron chi connectivity index (χ0n) is 18.1. The van der Waals surface area contributed by atoms with Gasteiger partial charge in [-0.3, -0.25) is 4.79 Å². The molecule has 2 aliphatic rings. The van der Waals surface area contributed by atoms with Crippen LogP contribution in [0.2, 0.25) is 0 Å². The molecular formula is C21H32FN3O4S. The number of halogens is 1. The Kier molecular flexibility index (Phi) is 7.04. The molecule has 168 valence electrons. The molecule has 1 aromatic rings. The molecule has 1 aromatic carbocycles. The van der Waals surface area contributed by atoms with Gasteiger partial charge in [0.2, 0.25) is 15.9 Å². The molecule has 0 saturated carbocycles. The Morgan fingerprint density at radius 1 is 1.27 bits per heavy atom. The minimum Gasteiger partial charge on any atom is -0.494 e. The molecule has 1 N–H and O–H groups in total. The van der Waals surface area contributed by atoms with Crippen molar-refractivity contribution in [2.24, 2.45) is 11.8 Å². The Balaban J connectivity index is 1.62. The minimum absolute atomic E-state index is 0.0213. The fraction of sp³-hybridized carbons (Fsp3) is 0.667. The van der Waals surface area contributed by atoms with E-state index < -0.39 is 15.8 Å². The third-order valence-corrected chi connectivity index (χ3v) is 8.10. The van der Waals surface area contributed by atoms with Crippen molar-refractivity contribution >= 4 is 15.9 Å². The van der Waals surface area contributed by atoms with Crippen LogP contribution in [0.1, 0.15) is 33.1 Å². The predicted molar refractivity (Wildman–Crippen MR) is 112 cm³/mol. The fourth-order valence-electron chi connectivity index (χ4n) is 4.63. The number of nitrogens with one attached hydrogen (secondary N) is 1.